The van der Waals surface area contributed by atoms with Crippen LogP contribution in [0.15, 0.2) is 273 Å². The number of fused-ring (bicyclic) bond motifs is 13. The molecule has 2 heteroatoms. The molecule has 0 unspecified atom stereocenters. The molecule has 0 amide bonds. The lowest BCUT2D eigenvalue weighted by Gasteiger charge is -2.34. The molecule has 0 aromatic heterocycles. The molecular formula is C68H46N2. The van der Waals surface area contributed by atoms with Gasteiger partial charge in [0.15, 0.2) is 0 Å². The van der Waals surface area contributed by atoms with Gasteiger partial charge in [-0.05, 0) is 132 Å². The SMILES string of the molecule is c1ccc(-c2ccc(Nc3ccc4c(c3)C3(c5ccccc5-c5ccccc53)c3ccccc3-4)cc2N(c2ccccc2)c2ccc3c(c2)-c2ccccc2C3(c2ccccc2)c2ccccc2)cc1. The maximum Gasteiger partial charge on any atom is 0.0726 e. The molecule has 0 atom stereocenters. The van der Waals surface area contributed by atoms with E-state index in [0.29, 0.717) is 0 Å². The summed E-state index contributed by atoms with van der Waals surface area (Å²) >= 11 is 0. The Morgan fingerprint density at radius 2 is 0.671 bits per heavy atom. The third kappa shape index (κ3) is 5.74. The molecule has 0 heterocycles. The fraction of sp³-hybridized carbons (Fsp3) is 0.0294. The first-order valence-corrected chi connectivity index (χ1v) is 24.3. The van der Waals surface area contributed by atoms with Crippen LogP contribution in [0.3, 0.4) is 0 Å². The van der Waals surface area contributed by atoms with Gasteiger partial charge in [0.1, 0.15) is 0 Å². The van der Waals surface area contributed by atoms with Crippen molar-refractivity contribution in [1.82, 2.24) is 0 Å². The minimum atomic E-state index is -0.484. The second-order valence-electron chi connectivity index (χ2n) is 18.8. The summed E-state index contributed by atoms with van der Waals surface area (Å²) in [5, 5.41) is 3.97. The molecule has 3 aliphatic carbocycles. The van der Waals surface area contributed by atoms with Crippen LogP contribution in [0.1, 0.15) is 44.5 Å². The molecule has 11 aromatic carbocycles. The zero-order valence-electron chi connectivity index (χ0n) is 38.4. The predicted octanol–water partition coefficient (Wildman–Crippen LogP) is 17.3. The zero-order valence-corrected chi connectivity index (χ0v) is 38.4. The topological polar surface area (TPSA) is 15.3 Å². The zero-order chi connectivity index (χ0) is 46.2. The molecule has 1 spiro atoms. The quantitative estimate of drug-likeness (QED) is 0.164. The molecule has 0 aliphatic heterocycles. The van der Waals surface area contributed by atoms with Gasteiger partial charge in [0.25, 0.3) is 0 Å². The first-order valence-electron chi connectivity index (χ1n) is 24.3. The molecule has 328 valence electrons. The van der Waals surface area contributed by atoms with E-state index >= 15 is 0 Å². The van der Waals surface area contributed by atoms with Gasteiger partial charge in [-0.15, -0.1) is 0 Å². The number of nitrogens with one attached hydrogen (secondary N) is 1. The van der Waals surface area contributed by atoms with Crippen LogP contribution in [0.25, 0.3) is 44.5 Å². The fourth-order valence-corrected chi connectivity index (χ4v) is 12.6. The fourth-order valence-electron chi connectivity index (χ4n) is 12.6. The Morgan fingerprint density at radius 3 is 1.23 bits per heavy atom. The maximum atomic E-state index is 3.97. The van der Waals surface area contributed by atoms with E-state index in [-0.39, 0.29) is 0 Å². The van der Waals surface area contributed by atoms with Crippen LogP contribution >= 0.6 is 0 Å². The number of anilines is 5. The van der Waals surface area contributed by atoms with Gasteiger partial charge in [0.2, 0.25) is 0 Å². The van der Waals surface area contributed by atoms with Crippen LogP contribution in [0, 0.1) is 0 Å². The van der Waals surface area contributed by atoms with Crippen molar-refractivity contribution in [2.45, 2.75) is 10.8 Å². The van der Waals surface area contributed by atoms with Crippen molar-refractivity contribution in [3.8, 4) is 44.5 Å². The van der Waals surface area contributed by atoms with Crippen molar-refractivity contribution in [3.05, 3.63) is 317 Å². The minimum Gasteiger partial charge on any atom is -0.355 e. The predicted molar refractivity (Wildman–Crippen MR) is 290 cm³/mol. The largest absolute Gasteiger partial charge is 0.355 e. The van der Waals surface area contributed by atoms with Crippen LogP contribution in [0.4, 0.5) is 28.4 Å². The Morgan fingerprint density at radius 1 is 0.257 bits per heavy atom. The van der Waals surface area contributed by atoms with E-state index in [1.807, 2.05) is 0 Å². The molecule has 11 aromatic rings. The van der Waals surface area contributed by atoms with Gasteiger partial charge in [-0.3, -0.25) is 0 Å². The Hall–Kier alpha value is -8.98. The molecule has 14 rings (SSSR count). The van der Waals surface area contributed by atoms with Gasteiger partial charge < -0.3 is 10.2 Å². The lowest BCUT2D eigenvalue weighted by Crippen LogP contribution is -2.28. The number of rotatable bonds is 8. The van der Waals surface area contributed by atoms with Crippen molar-refractivity contribution in [3.63, 3.8) is 0 Å². The smallest absolute Gasteiger partial charge is 0.0726 e. The molecule has 0 saturated carbocycles. The summed E-state index contributed by atoms with van der Waals surface area (Å²) < 4.78 is 0. The second-order valence-corrected chi connectivity index (χ2v) is 18.8. The van der Waals surface area contributed by atoms with Crippen molar-refractivity contribution in [1.29, 1.82) is 0 Å². The molecule has 2 nitrogen and oxygen atoms in total. The van der Waals surface area contributed by atoms with E-state index < -0.39 is 10.8 Å². The molecule has 0 saturated heterocycles. The molecule has 3 aliphatic rings. The van der Waals surface area contributed by atoms with Crippen molar-refractivity contribution < 1.29 is 0 Å². The lowest BCUT2D eigenvalue weighted by atomic mass is 9.68. The summed E-state index contributed by atoms with van der Waals surface area (Å²) in [7, 11) is 0. The number of nitrogens with zero attached hydrogens (tertiary/aromatic N) is 1. The van der Waals surface area contributed by atoms with Gasteiger partial charge in [-0.1, -0.05) is 224 Å². The second kappa shape index (κ2) is 15.8. The van der Waals surface area contributed by atoms with Crippen molar-refractivity contribution in [2.75, 3.05) is 10.2 Å². The number of hydrogen-bond donors (Lipinski definition) is 1. The van der Waals surface area contributed by atoms with Gasteiger partial charge in [0, 0.05) is 28.3 Å². The van der Waals surface area contributed by atoms with E-state index in [2.05, 4.69) is 283 Å². The van der Waals surface area contributed by atoms with Gasteiger partial charge in [0.05, 0.1) is 16.5 Å². The van der Waals surface area contributed by atoms with Crippen LogP contribution in [0.5, 0.6) is 0 Å². The number of benzene rings is 11. The monoisotopic (exact) mass is 890 g/mol. The molecule has 1 N–H and O–H groups in total. The first-order chi connectivity index (χ1) is 34.7. The van der Waals surface area contributed by atoms with Crippen LogP contribution in [-0.4, -0.2) is 0 Å². The standard InChI is InChI=1S/C68H46N2/c1-5-21-46(22-6-1)53-40-37-50(69-49-38-41-58-56-31-15-20-36-63(56)68(65(58)43-49)61-34-18-13-29-54(61)55-30-14-19-35-62(55)68)44-66(53)70(51-27-11-4-12-28-51)52-39-42-64-59(45-52)57-32-16-17-33-60(57)67(64,47-23-7-2-8-24-47)48-25-9-3-10-26-48/h1-45,69H. The maximum absolute atomic E-state index is 3.97. The van der Waals surface area contributed by atoms with Crippen LogP contribution < -0.4 is 10.2 Å². The summed E-state index contributed by atoms with van der Waals surface area (Å²) in [4.78, 5) is 2.45. The summed E-state index contributed by atoms with van der Waals surface area (Å²) in [6, 6.07) is 101. The first kappa shape index (κ1) is 40.1. The summed E-state index contributed by atoms with van der Waals surface area (Å²) in [5.74, 6) is 0. The summed E-state index contributed by atoms with van der Waals surface area (Å²) in [6.07, 6.45) is 0. The Balaban J connectivity index is 0.947. The van der Waals surface area contributed by atoms with E-state index in [0.717, 1.165) is 39.6 Å². The Bertz CT molecular complexity index is 3700. The molecule has 0 fully saturated rings. The van der Waals surface area contributed by atoms with Gasteiger partial charge in [-0.2, -0.15) is 0 Å². The minimum absolute atomic E-state index is 0.423. The van der Waals surface area contributed by atoms with E-state index in [4.69, 9.17) is 0 Å². The molecule has 0 bridgehead atoms. The van der Waals surface area contributed by atoms with Gasteiger partial charge >= 0.3 is 0 Å². The third-order valence-electron chi connectivity index (χ3n) is 15.3. The highest BCUT2D eigenvalue weighted by Gasteiger charge is 2.52. The highest BCUT2D eigenvalue weighted by Crippen LogP contribution is 2.63. The highest BCUT2D eigenvalue weighted by atomic mass is 15.1. The van der Waals surface area contributed by atoms with E-state index in [9.17, 15) is 0 Å². The lowest BCUT2D eigenvalue weighted by molar-refractivity contribution is 0.768. The molecule has 0 radical (unpaired) electrons. The highest BCUT2D eigenvalue weighted by molar-refractivity contribution is 5.97. The summed E-state index contributed by atoms with van der Waals surface area (Å²) in [6.45, 7) is 0. The Labute approximate surface area is 409 Å². The molecular weight excluding hydrogens is 845 g/mol. The van der Waals surface area contributed by atoms with Crippen molar-refractivity contribution >= 4 is 28.4 Å². The number of para-hydroxylation sites is 1. The third-order valence-corrected chi connectivity index (χ3v) is 15.3. The Kier molecular flexibility index (Phi) is 9.06. The van der Waals surface area contributed by atoms with Crippen molar-refractivity contribution in [2.24, 2.45) is 0 Å². The molecule has 70 heavy (non-hydrogen) atoms. The van der Waals surface area contributed by atoms with Gasteiger partial charge in [-0.25, -0.2) is 0 Å². The summed E-state index contributed by atoms with van der Waals surface area (Å²) in [5.41, 5.74) is 24.8. The average molecular weight is 891 g/mol. The van der Waals surface area contributed by atoms with E-state index in [1.54, 1.807) is 0 Å². The average Bonchev–Trinajstić information content (AvgIpc) is 4.02. The van der Waals surface area contributed by atoms with Crippen LogP contribution in [0.2, 0.25) is 0 Å². The van der Waals surface area contributed by atoms with Crippen LogP contribution in [-0.2, 0) is 10.8 Å². The normalized spacial score (nSPS) is 13.7. The van der Waals surface area contributed by atoms with E-state index in [1.165, 1.54) is 77.9 Å². The number of hydrogen-bond acceptors (Lipinski definition) is 2.